The van der Waals surface area contributed by atoms with Crippen molar-refractivity contribution in [1.82, 2.24) is 0 Å². The number of benzene rings is 1. The third kappa shape index (κ3) is 6.47. The monoisotopic (exact) mass is 296 g/mol. The van der Waals surface area contributed by atoms with Gasteiger partial charge in [0, 0.05) is 5.75 Å². The van der Waals surface area contributed by atoms with Crippen LogP contribution in [0.3, 0.4) is 0 Å². The van der Waals surface area contributed by atoms with E-state index < -0.39 is 23.2 Å². The van der Waals surface area contributed by atoms with Gasteiger partial charge in [0.25, 0.3) is 0 Å². The van der Waals surface area contributed by atoms with E-state index in [2.05, 4.69) is 0 Å². The van der Waals surface area contributed by atoms with E-state index in [-0.39, 0.29) is 30.4 Å². The number of carboxylic acid groups (broad SMARTS) is 1. The van der Waals surface area contributed by atoms with Crippen molar-refractivity contribution < 1.29 is 27.5 Å². The summed E-state index contributed by atoms with van der Waals surface area (Å²) in [5, 5.41) is 8.95. The molecule has 0 bridgehead atoms. The topological polar surface area (TPSA) is 37.3 Å². The molecule has 1 aromatic rings. The molecule has 106 valence electrons. The molecular weight excluding hydrogens is 284 g/mol. The predicted octanol–water partition coefficient (Wildman–Crippen LogP) is 3.71. The van der Waals surface area contributed by atoms with Gasteiger partial charge < -0.3 is 5.11 Å². The summed E-state index contributed by atoms with van der Waals surface area (Å²) in [5.41, 5.74) is -3.76. The fourth-order valence-corrected chi connectivity index (χ4v) is 2.17. The minimum absolute atomic E-state index is 0.0864. The van der Waals surface area contributed by atoms with Gasteiger partial charge >= 0.3 is 11.5 Å². The third-order valence-corrected chi connectivity index (χ3v) is 3.24. The highest BCUT2D eigenvalue weighted by Crippen LogP contribution is 2.31. The van der Waals surface area contributed by atoms with Gasteiger partial charge in [0.2, 0.25) is 0 Å². The first-order chi connectivity index (χ1) is 8.78. The fourth-order valence-electron chi connectivity index (χ4n) is 1.53. The van der Waals surface area contributed by atoms with Gasteiger partial charge in [0.05, 0.1) is 5.92 Å². The lowest BCUT2D eigenvalue weighted by atomic mass is 9.97. The SMILES string of the molecule is O=C(O)C(CCSC(F)(F)F)Cc1ccc(F)cc1. The number of carbonyl (C=O) groups is 1. The van der Waals surface area contributed by atoms with Crippen LogP contribution in [-0.2, 0) is 11.2 Å². The highest BCUT2D eigenvalue weighted by molar-refractivity contribution is 8.00. The highest BCUT2D eigenvalue weighted by Gasteiger charge is 2.29. The van der Waals surface area contributed by atoms with E-state index in [4.69, 9.17) is 5.11 Å². The zero-order valence-electron chi connectivity index (χ0n) is 9.78. The summed E-state index contributed by atoms with van der Waals surface area (Å²) < 4.78 is 48.5. The molecule has 0 fully saturated rings. The van der Waals surface area contributed by atoms with Crippen LogP contribution < -0.4 is 0 Å². The average Bonchev–Trinajstić information content (AvgIpc) is 2.28. The first kappa shape index (κ1) is 15.8. The molecule has 1 aromatic carbocycles. The maximum atomic E-state index is 12.7. The standard InChI is InChI=1S/C12H12F4O2S/c13-10-3-1-8(2-4-10)7-9(11(17)18)5-6-19-12(14,15)16/h1-4,9H,5-7H2,(H,17,18). The molecule has 0 spiro atoms. The second kappa shape index (κ2) is 6.79. The molecule has 7 heteroatoms. The van der Waals surface area contributed by atoms with Gasteiger partial charge in [0.15, 0.2) is 0 Å². The molecule has 0 saturated heterocycles. The molecule has 1 N–H and O–H groups in total. The van der Waals surface area contributed by atoms with E-state index in [1.807, 2.05) is 0 Å². The molecule has 0 aliphatic rings. The van der Waals surface area contributed by atoms with Crippen molar-refractivity contribution in [2.75, 3.05) is 5.75 Å². The van der Waals surface area contributed by atoms with Crippen molar-refractivity contribution in [3.8, 4) is 0 Å². The second-order valence-electron chi connectivity index (χ2n) is 3.95. The molecule has 0 amide bonds. The second-order valence-corrected chi connectivity index (χ2v) is 5.11. The number of halogens is 4. The van der Waals surface area contributed by atoms with Gasteiger partial charge in [-0.25, -0.2) is 4.39 Å². The Morgan fingerprint density at radius 1 is 1.26 bits per heavy atom. The van der Waals surface area contributed by atoms with E-state index in [1.54, 1.807) is 0 Å². The number of thioether (sulfide) groups is 1. The van der Waals surface area contributed by atoms with Gasteiger partial charge in [-0.15, -0.1) is 0 Å². The number of hydrogen-bond acceptors (Lipinski definition) is 2. The zero-order chi connectivity index (χ0) is 14.5. The Bertz CT molecular complexity index is 417. The number of aliphatic carboxylic acids is 1. The lowest BCUT2D eigenvalue weighted by Gasteiger charge is -2.13. The van der Waals surface area contributed by atoms with Crippen molar-refractivity contribution in [2.45, 2.75) is 18.3 Å². The Hall–Kier alpha value is -1.24. The molecule has 0 aliphatic heterocycles. The minimum Gasteiger partial charge on any atom is -0.481 e. The Labute approximate surface area is 111 Å². The maximum absolute atomic E-state index is 12.7. The van der Waals surface area contributed by atoms with E-state index in [9.17, 15) is 22.4 Å². The van der Waals surface area contributed by atoms with Gasteiger partial charge in [-0.2, -0.15) is 13.2 Å². The zero-order valence-corrected chi connectivity index (χ0v) is 10.6. The molecule has 0 radical (unpaired) electrons. The number of hydrogen-bond donors (Lipinski definition) is 1. The molecular formula is C12H12F4O2S. The maximum Gasteiger partial charge on any atom is 0.441 e. The van der Waals surface area contributed by atoms with Crippen LogP contribution in [0.4, 0.5) is 17.6 Å². The van der Waals surface area contributed by atoms with Crippen molar-refractivity contribution in [2.24, 2.45) is 5.92 Å². The van der Waals surface area contributed by atoms with Crippen LogP contribution in [-0.4, -0.2) is 22.3 Å². The Balaban J connectivity index is 2.53. The van der Waals surface area contributed by atoms with E-state index >= 15 is 0 Å². The smallest absolute Gasteiger partial charge is 0.441 e. The normalized spacial score (nSPS) is 13.3. The Morgan fingerprint density at radius 2 is 1.84 bits per heavy atom. The van der Waals surface area contributed by atoms with Crippen molar-refractivity contribution in [1.29, 1.82) is 0 Å². The quantitative estimate of drug-likeness (QED) is 0.813. The molecule has 1 unspecified atom stereocenters. The molecule has 19 heavy (non-hydrogen) atoms. The average molecular weight is 296 g/mol. The summed E-state index contributed by atoms with van der Waals surface area (Å²) in [5.74, 6) is -2.79. The summed E-state index contributed by atoms with van der Waals surface area (Å²) >= 11 is -0.231. The van der Waals surface area contributed by atoms with Crippen LogP contribution in [0.2, 0.25) is 0 Å². The molecule has 1 atom stereocenters. The minimum atomic E-state index is -4.35. The fraction of sp³-hybridized carbons (Fsp3) is 0.417. The van der Waals surface area contributed by atoms with E-state index in [1.165, 1.54) is 24.3 Å². The highest BCUT2D eigenvalue weighted by atomic mass is 32.2. The third-order valence-electron chi connectivity index (χ3n) is 2.48. The van der Waals surface area contributed by atoms with Crippen molar-refractivity contribution in [3.63, 3.8) is 0 Å². The summed E-state index contributed by atoms with van der Waals surface area (Å²) in [6.45, 7) is 0. The van der Waals surface area contributed by atoms with Crippen LogP contribution in [0.25, 0.3) is 0 Å². The summed E-state index contributed by atoms with van der Waals surface area (Å²) in [6.07, 6.45) is 0.00488. The van der Waals surface area contributed by atoms with Crippen LogP contribution in [0.5, 0.6) is 0 Å². The molecule has 2 nitrogen and oxygen atoms in total. The molecule has 0 aromatic heterocycles. The lowest BCUT2D eigenvalue weighted by Crippen LogP contribution is -2.18. The molecule has 0 heterocycles. The van der Waals surface area contributed by atoms with Crippen LogP contribution in [0.1, 0.15) is 12.0 Å². The van der Waals surface area contributed by atoms with Gasteiger partial charge in [-0.3, -0.25) is 4.79 Å². The molecule has 1 rings (SSSR count). The number of carboxylic acids is 1. The predicted molar refractivity (Wildman–Crippen MR) is 64.4 cm³/mol. The van der Waals surface area contributed by atoms with Crippen LogP contribution >= 0.6 is 11.8 Å². The molecule has 0 aliphatic carbocycles. The largest absolute Gasteiger partial charge is 0.481 e. The number of alkyl halides is 3. The van der Waals surface area contributed by atoms with Crippen molar-refractivity contribution >= 4 is 17.7 Å². The van der Waals surface area contributed by atoms with Gasteiger partial charge in [0.1, 0.15) is 5.82 Å². The summed E-state index contributed by atoms with van der Waals surface area (Å²) in [4.78, 5) is 11.0. The van der Waals surface area contributed by atoms with Gasteiger partial charge in [-0.05, 0) is 30.5 Å². The van der Waals surface area contributed by atoms with Crippen LogP contribution in [0, 0.1) is 11.7 Å². The summed E-state index contributed by atoms with van der Waals surface area (Å²) in [6, 6.07) is 5.25. The first-order valence-corrected chi connectivity index (χ1v) is 6.44. The Kier molecular flexibility index (Phi) is 5.65. The Morgan fingerprint density at radius 3 is 2.32 bits per heavy atom. The summed E-state index contributed by atoms with van der Waals surface area (Å²) in [7, 11) is 0. The number of rotatable bonds is 6. The van der Waals surface area contributed by atoms with Crippen LogP contribution in [0.15, 0.2) is 24.3 Å². The lowest BCUT2D eigenvalue weighted by molar-refractivity contribution is -0.141. The van der Waals surface area contributed by atoms with E-state index in [0.717, 1.165) is 0 Å². The van der Waals surface area contributed by atoms with Crippen molar-refractivity contribution in [3.05, 3.63) is 35.6 Å². The van der Waals surface area contributed by atoms with E-state index in [0.29, 0.717) is 5.56 Å². The van der Waals surface area contributed by atoms with Gasteiger partial charge in [-0.1, -0.05) is 23.9 Å². The first-order valence-electron chi connectivity index (χ1n) is 5.46. The molecule has 0 saturated carbocycles.